The van der Waals surface area contributed by atoms with Crippen LogP contribution < -0.4 is 10.9 Å². The summed E-state index contributed by atoms with van der Waals surface area (Å²) in [4.78, 5) is 17.4. The summed E-state index contributed by atoms with van der Waals surface area (Å²) >= 11 is 0. The molecule has 3 rings (SSSR count). The maximum Gasteiger partial charge on any atom is 0.276 e. The number of alkyl halides is 2. The normalized spacial score (nSPS) is 12.0. The largest absolute Gasteiger partial charge is 0.309 e. The summed E-state index contributed by atoms with van der Waals surface area (Å²) in [5, 5.41) is 18.9. The van der Waals surface area contributed by atoms with Crippen molar-refractivity contribution in [3.63, 3.8) is 0 Å². The number of aromatic amines is 1. The molecule has 0 amide bonds. The molecule has 0 spiro atoms. The van der Waals surface area contributed by atoms with Crippen molar-refractivity contribution in [1.82, 2.24) is 29.7 Å². The highest BCUT2D eigenvalue weighted by Gasteiger charge is 2.21. The molecule has 0 atom stereocenters. The van der Waals surface area contributed by atoms with Crippen LogP contribution in [0.4, 0.5) is 8.78 Å². The minimum Gasteiger partial charge on any atom is -0.309 e. The molecule has 3 heterocycles. The molecule has 148 valence electrons. The molecule has 10 heteroatoms. The smallest absolute Gasteiger partial charge is 0.276 e. The van der Waals surface area contributed by atoms with Crippen molar-refractivity contribution in [3.05, 3.63) is 40.1 Å². The predicted octanol–water partition coefficient (Wildman–Crippen LogP) is 2.13. The van der Waals surface area contributed by atoms with E-state index in [1.54, 1.807) is 17.1 Å². The Balaban J connectivity index is 1.93. The molecular formula is C18H21F2N7O. The van der Waals surface area contributed by atoms with E-state index in [2.05, 4.69) is 20.5 Å². The fourth-order valence-corrected chi connectivity index (χ4v) is 2.96. The Kier molecular flexibility index (Phi) is 5.29. The highest BCUT2D eigenvalue weighted by Crippen LogP contribution is 2.25. The molecule has 0 bridgehead atoms. The molecule has 8 nitrogen and oxygen atoms in total. The second kappa shape index (κ2) is 7.52. The third-order valence-corrected chi connectivity index (χ3v) is 4.25. The van der Waals surface area contributed by atoms with Crippen LogP contribution in [0.15, 0.2) is 23.4 Å². The van der Waals surface area contributed by atoms with Gasteiger partial charge in [0.1, 0.15) is 11.6 Å². The fraction of sp³-hybridized carbons (Fsp3) is 0.444. The zero-order valence-electron chi connectivity index (χ0n) is 15.8. The summed E-state index contributed by atoms with van der Waals surface area (Å²) < 4.78 is 28.6. The van der Waals surface area contributed by atoms with E-state index in [4.69, 9.17) is 0 Å². The molecule has 0 aliphatic carbocycles. The third kappa shape index (κ3) is 3.94. The summed E-state index contributed by atoms with van der Waals surface area (Å²) in [6.07, 6.45) is 4.74. The molecule has 2 N–H and O–H groups in total. The average molecular weight is 389 g/mol. The molecule has 0 aliphatic rings. The number of fused-ring (bicyclic) bond motifs is 1. The molecule has 0 radical (unpaired) electrons. The number of hydrogen-bond acceptors (Lipinski definition) is 5. The summed E-state index contributed by atoms with van der Waals surface area (Å²) in [5.74, 6) is -2.87. The Morgan fingerprint density at radius 2 is 2.18 bits per heavy atom. The zero-order valence-corrected chi connectivity index (χ0v) is 15.8. The molecule has 0 saturated heterocycles. The van der Waals surface area contributed by atoms with Gasteiger partial charge < -0.3 is 5.32 Å². The van der Waals surface area contributed by atoms with Crippen LogP contribution in [0.25, 0.3) is 16.9 Å². The van der Waals surface area contributed by atoms with E-state index in [9.17, 15) is 18.8 Å². The topological polar surface area (TPSA) is 104 Å². The van der Waals surface area contributed by atoms with Gasteiger partial charge in [0, 0.05) is 37.0 Å². The molecule has 0 unspecified atom stereocenters. The number of halogens is 2. The first-order valence-electron chi connectivity index (χ1n) is 8.87. The van der Waals surface area contributed by atoms with Crippen LogP contribution in [-0.2, 0) is 6.54 Å². The van der Waals surface area contributed by atoms with Gasteiger partial charge >= 0.3 is 0 Å². The Morgan fingerprint density at radius 1 is 1.43 bits per heavy atom. The van der Waals surface area contributed by atoms with E-state index in [-0.39, 0.29) is 22.7 Å². The highest BCUT2D eigenvalue weighted by atomic mass is 19.3. The van der Waals surface area contributed by atoms with Crippen molar-refractivity contribution in [1.29, 1.82) is 5.26 Å². The van der Waals surface area contributed by atoms with Crippen molar-refractivity contribution >= 4 is 5.65 Å². The van der Waals surface area contributed by atoms with E-state index in [0.717, 1.165) is 6.92 Å². The molecule has 28 heavy (non-hydrogen) atoms. The van der Waals surface area contributed by atoms with Gasteiger partial charge in [-0.15, -0.1) is 0 Å². The lowest BCUT2D eigenvalue weighted by atomic mass is 10.00. The summed E-state index contributed by atoms with van der Waals surface area (Å²) in [6.45, 7) is 4.95. The lowest BCUT2D eigenvalue weighted by Gasteiger charge is -2.11. The third-order valence-electron chi connectivity index (χ3n) is 4.25. The van der Waals surface area contributed by atoms with Gasteiger partial charge in [-0.1, -0.05) is 13.8 Å². The van der Waals surface area contributed by atoms with Crippen LogP contribution in [0.3, 0.4) is 0 Å². The molecule has 0 aliphatic heterocycles. The van der Waals surface area contributed by atoms with Crippen molar-refractivity contribution in [2.75, 3.05) is 13.1 Å². The molecule has 3 aromatic rings. The summed E-state index contributed by atoms with van der Waals surface area (Å²) in [7, 11) is 0. The fourth-order valence-electron chi connectivity index (χ4n) is 2.96. The molecular weight excluding hydrogens is 368 g/mol. The van der Waals surface area contributed by atoms with E-state index in [0.29, 0.717) is 29.9 Å². The van der Waals surface area contributed by atoms with Crippen LogP contribution >= 0.6 is 0 Å². The number of nitriles is 1. The quantitative estimate of drug-likeness (QED) is 0.603. The van der Waals surface area contributed by atoms with Gasteiger partial charge in [-0.3, -0.25) is 14.6 Å². The van der Waals surface area contributed by atoms with E-state index in [1.165, 1.54) is 10.7 Å². The standard InChI is InChI=1S/C18H21F2N7O/c1-11(2)14-15(25-16-12(6-21)7-24-27(16)17(14)28)13-8-23-26(9-13)5-4-22-10-18(3,19)20/h7-9,11,22,24H,4-5,10H2,1-3H3. The minimum absolute atomic E-state index is 0.0995. The molecule has 0 fully saturated rings. The monoisotopic (exact) mass is 389 g/mol. The van der Waals surface area contributed by atoms with Crippen LogP contribution in [-0.4, -0.2) is 43.4 Å². The van der Waals surface area contributed by atoms with E-state index >= 15 is 0 Å². The van der Waals surface area contributed by atoms with Crippen LogP contribution in [0, 0.1) is 11.3 Å². The first-order chi connectivity index (χ1) is 13.2. The lowest BCUT2D eigenvalue weighted by molar-refractivity contribution is 0.0227. The molecule has 3 aromatic heterocycles. The van der Waals surface area contributed by atoms with E-state index < -0.39 is 12.5 Å². The van der Waals surface area contributed by atoms with Crippen molar-refractivity contribution in [2.45, 2.75) is 39.2 Å². The number of rotatable bonds is 7. The maximum absolute atomic E-state index is 12.9. The Hall–Kier alpha value is -3.06. The van der Waals surface area contributed by atoms with Crippen LogP contribution in [0.1, 0.15) is 37.8 Å². The Bertz CT molecular complexity index is 1080. The van der Waals surface area contributed by atoms with Crippen LogP contribution in [0.2, 0.25) is 0 Å². The highest BCUT2D eigenvalue weighted by molar-refractivity contribution is 5.67. The first-order valence-corrected chi connectivity index (χ1v) is 8.87. The number of nitrogens with zero attached hydrogens (tertiary/aromatic N) is 5. The van der Waals surface area contributed by atoms with E-state index in [1.807, 2.05) is 19.9 Å². The summed E-state index contributed by atoms with van der Waals surface area (Å²) in [5.41, 5.74) is 1.87. The maximum atomic E-state index is 12.9. The second-order valence-corrected chi connectivity index (χ2v) is 7.03. The van der Waals surface area contributed by atoms with Crippen molar-refractivity contribution in [3.8, 4) is 17.3 Å². The van der Waals surface area contributed by atoms with Gasteiger partial charge in [-0.25, -0.2) is 18.3 Å². The molecule has 0 aromatic carbocycles. The number of H-pyrrole nitrogens is 1. The first kappa shape index (κ1) is 19.7. The van der Waals surface area contributed by atoms with Crippen molar-refractivity contribution in [2.24, 2.45) is 0 Å². The average Bonchev–Trinajstić information content (AvgIpc) is 3.24. The summed E-state index contributed by atoms with van der Waals surface area (Å²) in [6, 6.07) is 2.01. The Labute approximate surface area is 159 Å². The van der Waals surface area contributed by atoms with Crippen molar-refractivity contribution < 1.29 is 8.78 Å². The van der Waals surface area contributed by atoms with Gasteiger partial charge in [0.15, 0.2) is 5.65 Å². The number of aromatic nitrogens is 5. The van der Waals surface area contributed by atoms with Gasteiger partial charge in [0.25, 0.3) is 11.5 Å². The van der Waals surface area contributed by atoms with Gasteiger partial charge in [0.2, 0.25) is 0 Å². The zero-order chi connectivity index (χ0) is 20.5. The van der Waals surface area contributed by atoms with Crippen LogP contribution in [0.5, 0.6) is 0 Å². The minimum atomic E-state index is -2.77. The number of hydrogen-bond donors (Lipinski definition) is 2. The lowest BCUT2D eigenvalue weighted by Crippen LogP contribution is -2.32. The molecule has 0 saturated carbocycles. The Morgan fingerprint density at radius 3 is 2.82 bits per heavy atom. The van der Waals surface area contributed by atoms with Gasteiger partial charge in [-0.05, 0) is 5.92 Å². The predicted molar refractivity (Wildman–Crippen MR) is 99.3 cm³/mol. The van der Waals surface area contributed by atoms with Gasteiger partial charge in [-0.2, -0.15) is 10.4 Å². The second-order valence-electron chi connectivity index (χ2n) is 7.03. The van der Waals surface area contributed by atoms with Gasteiger partial charge in [0.05, 0.1) is 25.0 Å². The SMILES string of the molecule is CC(C)c1c(-c2cnn(CCNCC(C)(F)F)c2)nc2c(C#N)c[nH]n2c1=O. The number of nitrogens with one attached hydrogen (secondary N) is 2.